The second-order valence-corrected chi connectivity index (χ2v) is 9.00. The standard InChI is InChI=1S/C29H33N5O2/c1-24-21-31-27(22-30-24)29(36)34(23-26-11-6-3-7-12-26)16-14-28(35)33-19-17-32(18-20-33)15-8-13-25-9-4-2-5-10-25/h2-13,21-22H,14-20,23H2,1H3. The fraction of sp³-hybridized carbons (Fsp3) is 0.310. The van der Waals surface area contributed by atoms with Gasteiger partial charge in [-0.25, -0.2) is 4.98 Å². The van der Waals surface area contributed by atoms with Gasteiger partial charge in [0.05, 0.1) is 11.9 Å². The number of aryl methyl sites for hydroxylation is 1. The molecular formula is C29H33N5O2. The lowest BCUT2D eigenvalue weighted by atomic mass is 10.2. The first-order valence-corrected chi connectivity index (χ1v) is 12.4. The van der Waals surface area contributed by atoms with Gasteiger partial charge in [-0.1, -0.05) is 72.8 Å². The summed E-state index contributed by atoms with van der Waals surface area (Å²) in [5.74, 6) is -0.135. The van der Waals surface area contributed by atoms with Crippen LogP contribution in [0.2, 0.25) is 0 Å². The second-order valence-electron chi connectivity index (χ2n) is 9.00. The third-order valence-electron chi connectivity index (χ3n) is 6.30. The average Bonchev–Trinajstić information content (AvgIpc) is 2.92. The molecule has 1 aliphatic rings. The Balaban J connectivity index is 1.29. The van der Waals surface area contributed by atoms with Crippen LogP contribution in [0.4, 0.5) is 0 Å². The molecule has 2 amide bonds. The number of carbonyl (C=O) groups is 2. The zero-order valence-corrected chi connectivity index (χ0v) is 20.8. The quantitative estimate of drug-likeness (QED) is 0.465. The van der Waals surface area contributed by atoms with Crippen LogP contribution in [0.1, 0.15) is 33.7 Å². The minimum absolute atomic E-state index is 0.0790. The number of hydrogen-bond donors (Lipinski definition) is 0. The summed E-state index contributed by atoms with van der Waals surface area (Å²) in [5, 5.41) is 0. The van der Waals surface area contributed by atoms with Crippen molar-refractivity contribution in [2.75, 3.05) is 39.3 Å². The molecule has 0 radical (unpaired) electrons. The van der Waals surface area contributed by atoms with Gasteiger partial charge in [-0.15, -0.1) is 0 Å². The summed E-state index contributed by atoms with van der Waals surface area (Å²) in [6.45, 7) is 6.55. The highest BCUT2D eigenvalue weighted by atomic mass is 16.2. The number of hydrogen-bond acceptors (Lipinski definition) is 5. The number of amides is 2. The molecule has 0 atom stereocenters. The van der Waals surface area contributed by atoms with Crippen LogP contribution in [0.5, 0.6) is 0 Å². The van der Waals surface area contributed by atoms with E-state index >= 15 is 0 Å². The lowest BCUT2D eigenvalue weighted by molar-refractivity contribution is -0.133. The molecule has 7 nitrogen and oxygen atoms in total. The predicted molar refractivity (Wildman–Crippen MR) is 141 cm³/mol. The molecule has 0 spiro atoms. The maximum Gasteiger partial charge on any atom is 0.274 e. The normalized spacial score (nSPS) is 14.2. The monoisotopic (exact) mass is 483 g/mol. The Labute approximate surface area is 213 Å². The first-order chi connectivity index (χ1) is 17.6. The highest BCUT2D eigenvalue weighted by Crippen LogP contribution is 2.12. The molecule has 36 heavy (non-hydrogen) atoms. The van der Waals surface area contributed by atoms with Crippen molar-refractivity contribution < 1.29 is 9.59 Å². The largest absolute Gasteiger partial charge is 0.340 e. The maximum atomic E-state index is 13.2. The van der Waals surface area contributed by atoms with Gasteiger partial charge in [0.15, 0.2) is 0 Å². The van der Waals surface area contributed by atoms with Crippen LogP contribution in [0.15, 0.2) is 79.1 Å². The van der Waals surface area contributed by atoms with Crippen molar-refractivity contribution in [3.8, 4) is 0 Å². The molecule has 186 valence electrons. The van der Waals surface area contributed by atoms with Gasteiger partial charge in [0.25, 0.3) is 5.91 Å². The lowest BCUT2D eigenvalue weighted by Gasteiger charge is -2.34. The van der Waals surface area contributed by atoms with Crippen LogP contribution in [0.25, 0.3) is 6.08 Å². The molecule has 0 bridgehead atoms. The summed E-state index contributed by atoms with van der Waals surface area (Å²) in [7, 11) is 0. The Bertz CT molecular complexity index is 1140. The van der Waals surface area contributed by atoms with Crippen molar-refractivity contribution in [3.63, 3.8) is 0 Å². The second kappa shape index (κ2) is 12.7. The summed E-state index contributed by atoms with van der Waals surface area (Å²) >= 11 is 0. The Hall–Kier alpha value is -3.84. The topological polar surface area (TPSA) is 69.6 Å². The van der Waals surface area contributed by atoms with E-state index in [0.29, 0.717) is 31.9 Å². The van der Waals surface area contributed by atoms with Crippen molar-refractivity contribution in [1.29, 1.82) is 0 Å². The van der Waals surface area contributed by atoms with Crippen LogP contribution in [0, 0.1) is 6.92 Å². The van der Waals surface area contributed by atoms with E-state index in [4.69, 9.17) is 0 Å². The molecule has 0 N–H and O–H groups in total. The van der Waals surface area contributed by atoms with E-state index in [9.17, 15) is 9.59 Å². The first-order valence-electron chi connectivity index (χ1n) is 12.4. The van der Waals surface area contributed by atoms with Crippen molar-refractivity contribution in [2.45, 2.75) is 19.9 Å². The number of rotatable bonds is 9. The minimum atomic E-state index is -0.214. The van der Waals surface area contributed by atoms with E-state index in [1.807, 2.05) is 60.4 Å². The van der Waals surface area contributed by atoms with E-state index in [0.717, 1.165) is 30.9 Å². The fourth-order valence-electron chi connectivity index (χ4n) is 4.19. The highest BCUT2D eigenvalue weighted by molar-refractivity contribution is 5.92. The Morgan fingerprint density at radius 3 is 2.28 bits per heavy atom. The zero-order chi connectivity index (χ0) is 25.2. The Morgan fingerprint density at radius 1 is 0.917 bits per heavy atom. The molecule has 2 aromatic carbocycles. The van der Waals surface area contributed by atoms with E-state index in [1.54, 1.807) is 11.1 Å². The van der Waals surface area contributed by atoms with Gasteiger partial charge in [0.2, 0.25) is 5.91 Å². The summed E-state index contributed by atoms with van der Waals surface area (Å²) in [4.78, 5) is 40.6. The molecule has 1 fully saturated rings. The van der Waals surface area contributed by atoms with Gasteiger partial charge in [0.1, 0.15) is 5.69 Å². The summed E-state index contributed by atoms with van der Waals surface area (Å²) in [5.41, 5.74) is 3.25. The van der Waals surface area contributed by atoms with Gasteiger partial charge in [-0.3, -0.25) is 19.5 Å². The van der Waals surface area contributed by atoms with E-state index in [2.05, 4.69) is 39.2 Å². The van der Waals surface area contributed by atoms with Crippen LogP contribution < -0.4 is 0 Å². The van der Waals surface area contributed by atoms with E-state index in [-0.39, 0.29) is 18.2 Å². The number of benzene rings is 2. The van der Waals surface area contributed by atoms with Crippen LogP contribution in [0.3, 0.4) is 0 Å². The Morgan fingerprint density at radius 2 is 1.61 bits per heavy atom. The molecule has 1 saturated heterocycles. The van der Waals surface area contributed by atoms with Gasteiger partial charge < -0.3 is 9.80 Å². The predicted octanol–water partition coefficient (Wildman–Crippen LogP) is 3.68. The van der Waals surface area contributed by atoms with Crippen LogP contribution >= 0.6 is 0 Å². The van der Waals surface area contributed by atoms with Crippen molar-refractivity contribution in [2.24, 2.45) is 0 Å². The number of piperazine rings is 1. The van der Waals surface area contributed by atoms with Crippen molar-refractivity contribution in [1.82, 2.24) is 24.7 Å². The molecule has 2 heterocycles. The molecule has 3 aromatic rings. The Kier molecular flexibility index (Phi) is 8.94. The molecule has 0 aliphatic carbocycles. The molecule has 0 unspecified atom stereocenters. The summed E-state index contributed by atoms with van der Waals surface area (Å²) < 4.78 is 0. The average molecular weight is 484 g/mol. The molecule has 1 aromatic heterocycles. The number of aromatic nitrogens is 2. The molecule has 7 heteroatoms. The smallest absolute Gasteiger partial charge is 0.274 e. The zero-order valence-electron chi connectivity index (χ0n) is 20.8. The van der Waals surface area contributed by atoms with Gasteiger partial charge >= 0.3 is 0 Å². The first kappa shape index (κ1) is 25.3. The number of nitrogens with zero attached hydrogens (tertiary/aromatic N) is 5. The summed E-state index contributed by atoms with van der Waals surface area (Å²) in [6.07, 6.45) is 7.68. The van der Waals surface area contributed by atoms with E-state index in [1.165, 1.54) is 11.8 Å². The fourth-order valence-corrected chi connectivity index (χ4v) is 4.19. The van der Waals surface area contributed by atoms with Crippen LogP contribution in [-0.4, -0.2) is 75.8 Å². The van der Waals surface area contributed by atoms with Crippen molar-refractivity contribution >= 4 is 17.9 Å². The minimum Gasteiger partial charge on any atom is -0.340 e. The molecular weight excluding hydrogens is 450 g/mol. The lowest BCUT2D eigenvalue weighted by Crippen LogP contribution is -2.49. The summed E-state index contributed by atoms with van der Waals surface area (Å²) in [6, 6.07) is 20.1. The van der Waals surface area contributed by atoms with Crippen LogP contribution in [-0.2, 0) is 11.3 Å². The third-order valence-corrected chi connectivity index (χ3v) is 6.30. The molecule has 0 saturated carbocycles. The third kappa shape index (κ3) is 7.33. The van der Waals surface area contributed by atoms with Gasteiger partial charge in [-0.2, -0.15) is 0 Å². The molecule has 4 rings (SSSR count). The van der Waals surface area contributed by atoms with Gasteiger partial charge in [0, 0.05) is 58.4 Å². The SMILES string of the molecule is Cc1cnc(C(=O)N(CCC(=O)N2CCN(CC=Cc3ccccc3)CC2)Cc2ccccc2)cn1. The number of carbonyl (C=O) groups excluding carboxylic acids is 2. The maximum absolute atomic E-state index is 13.2. The van der Waals surface area contributed by atoms with Gasteiger partial charge in [-0.05, 0) is 18.1 Å². The highest BCUT2D eigenvalue weighted by Gasteiger charge is 2.23. The molecule has 1 aliphatic heterocycles. The van der Waals surface area contributed by atoms with E-state index < -0.39 is 0 Å². The van der Waals surface area contributed by atoms with Crippen molar-refractivity contribution in [3.05, 3.63) is 102 Å².